The predicted molar refractivity (Wildman–Crippen MR) is 217 cm³/mol. The Labute approximate surface area is 307 Å². The van der Waals surface area contributed by atoms with Gasteiger partial charge in [0.05, 0.1) is 0 Å². The monoisotopic (exact) mass is 679 g/mol. The van der Waals surface area contributed by atoms with Gasteiger partial charge in [-0.3, -0.25) is 0 Å². The Morgan fingerprint density at radius 2 is 1.09 bits per heavy atom. The fourth-order valence-electron chi connectivity index (χ4n) is 7.63. The molecule has 1 aliphatic carbocycles. The first-order valence-electron chi connectivity index (χ1n) is 18.1. The molecule has 1 atom stereocenters. The summed E-state index contributed by atoms with van der Waals surface area (Å²) in [5, 5.41) is 4.56. The molecule has 2 aromatic heterocycles. The molecule has 250 valence electrons. The van der Waals surface area contributed by atoms with E-state index in [4.69, 9.17) is 19.4 Å². The molecule has 4 nitrogen and oxygen atoms in total. The molecule has 1 aliphatic rings. The summed E-state index contributed by atoms with van der Waals surface area (Å²) >= 11 is 0. The summed E-state index contributed by atoms with van der Waals surface area (Å²) in [4.78, 5) is 15.2. The third kappa shape index (κ3) is 5.62. The van der Waals surface area contributed by atoms with Crippen LogP contribution in [0.3, 0.4) is 0 Å². The van der Waals surface area contributed by atoms with E-state index in [1.165, 1.54) is 16.5 Å². The Morgan fingerprint density at radius 1 is 0.472 bits per heavy atom. The summed E-state index contributed by atoms with van der Waals surface area (Å²) in [5.41, 5.74) is 10.7. The number of furan rings is 1. The van der Waals surface area contributed by atoms with Gasteiger partial charge in [0, 0.05) is 33.2 Å². The number of allylic oxidation sites excluding steroid dienone is 4. The second-order valence-electron chi connectivity index (χ2n) is 13.5. The second kappa shape index (κ2) is 13.0. The third-order valence-electron chi connectivity index (χ3n) is 10.2. The largest absolute Gasteiger partial charge is 0.455 e. The van der Waals surface area contributed by atoms with Gasteiger partial charge < -0.3 is 4.42 Å². The third-order valence-corrected chi connectivity index (χ3v) is 10.2. The van der Waals surface area contributed by atoms with Crippen LogP contribution in [-0.4, -0.2) is 15.0 Å². The molecule has 0 spiro atoms. The molecule has 0 bridgehead atoms. The van der Waals surface area contributed by atoms with Gasteiger partial charge in [0.2, 0.25) is 0 Å². The first-order valence-corrected chi connectivity index (χ1v) is 18.1. The second-order valence-corrected chi connectivity index (χ2v) is 13.5. The molecule has 7 aromatic carbocycles. The summed E-state index contributed by atoms with van der Waals surface area (Å²) in [6.07, 6.45) is 7.55. The van der Waals surface area contributed by atoms with E-state index in [1.54, 1.807) is 0 Å². The van der Waals surface area contributed by atoms with Crippen molar-refractivity contribution in [3.63, 3.8) is 0 Å². The molecule has 10 rings (SSSR count). The number of fused-ring (bicyclic) bond motifs is 5. The van der Waals surface area contributed by atoms with Crippen molar-refractivity contribution in [1.29, 1.82) is 0 Å². The van der Waals surface area contributed by atoms with Crippen LogP contribution in [-0.2, 0) is 0 Å². The SMILES string of the molecule is C1=CC(c2nc(-c3ccccc3)nc(-c3cccc(-c4ccccc4)c3)n2)CC=C1c1cccc2oc3c4ccccc4c(-c4ccccc4)cc3c12. The highest BCUT2D eigenvalue weighted by Gasteiger charge is 2.22. The number of benzene rings is 7. The maximum absolute atomic E-state index is 6.65. The molecule has 0 radical (unpaired) electrons. The molecule has 0 N–H and O–H groups in total. The molecule has 1 unspecified atom stereocenters. The lowest BCUT2D eigenvalue weighted by Crippen LogP contribution is -2.08. The Hall–Kier alpha value is -6.91. The first-order chi connectivity index (χ1) is 26.3. The Bertz CT molecular complexity index is 2850. The minimum atomic E-state index is -0.00538. The van der Waals surface area contributed by atoms with Gasteiger partial charge >= 0.3 is 0 Å². The van der Waals surface area contributed by atoms with Crippen LogP contribution in [0.15, 0.2) is 186 Å². The lowest BCUT2D eigenvalue weighted by atomic mass is 9.89. The van der Waals surface area contributed by atoms with E-state index in [9.17, 15) is 0 Å². The van der Waals surface area contributed by atoms with Gasteiger partial charge in [0.1, 0.15) is 17.0 Å². The van der Waals surface area contributed by atoms with E-state index >= 15 is 0 Å². The highest BCUT2D eigenvalue weighted by molar-refractivity contribution is 6.21. The first kappa shape index (κ1) is 30.9. The Balaban J connectivity index is 1.05. The van der Waals surface area contributed by atoms with Gasteiger partial charge in [-0.05, 0) is 63.4 Å². The lowest BCUT2D eigenvalue weighted by Gasteiger charge is -2.17. The van der Waals surface area contributed by atoms with Crippen molar-refractivity contribution in [2.45, 2.75) is 12.3 Å². The minimum Gasteiger partial charge on any atom is -0.455 e. The zero-order valence-corrected chi connectivity index (χ0v) is 28.9. The van der Waals surface area contributed by atoms with Crippen molar-refractivity contribution in [3.05, 3.63) is 193 Å². The number of hydrogen-bond donors (Lipinski definition) is 0. The molecule has 2 heterocycles. The summed E-state index contributed by atoms with van der Waals surface area (Å²) in [6, 6.07) is 56.9. The van der Waals surface area contributed by atoms with Crippen LogP contribution in [0.25, 0.3) is 83.3 Å². The molecule has 9 aromatic rings. The number of nitrogens with zero attached hydrogens (tertiary/aromatic N) is 3. The Morgan fingerprint density at radius 3 is 1.83 bits per heavy atom. The van der Waals surface area contributed by atoms with Crippen LogP contribution in [0.5, 0.6) is 0 Å². The molecular formula is C49H33N3O. The quantitative estimate of drug-likeness (QED) is 0.175. The number of aromatic nitrogens is 3. The fourth-order valence-corrected chi connectivity index (χ4v) is 7.63. The summed E-state index contributed by atoms with van der Waals surface area (Å²) in [5.74, 6) is 2.10. The summed E-state index contributed by atoms with van der Waals surface area (Å²) in [7, 11) is 0. The van der Waals surface area contributed by atoms with Crippen molar-refractivity contribution < 1.29 is 4.42 Å². The van der Waals surface area contributed by atoms with Crippen LogP contribution >= 0.6 is 0 Å². The number of rotatable bonds is 6. The maximum atomic E-state index is 6.65. The van der Waals surface area contributed by atoms with Crippen molar-refractivity contribution in [2.75, 3.05) is 0 Å². The standard InChI is InChI=1S/C49H33N3O/c1-4-14-32(15-5-1)37-20-12-21-38(30-37)49-51-47(35-18-8-3-9-19-35)50-48(52-49)36-28-26-34(27-29-36)39-24-13-25-44-45(39)43-31-42(33-16-6-2-7-17-33)40-22-10-11-23-41(40)46(43)53-44/h1-28,30-31,36H,29H2. The molecule has 0 amide bonds. The van der Waals surface area contributed by atoms with E-state index in [2.05, 4.69) is 158 Å². The molecule has 0 saturated heterocycles. The predicted octanol–water partition coefficient (Wildman–Crippen LogP) is 12.7. The van der Waals surface area contributed by atoms with Gasteiger partial charge in [-0.1, -0.05) is 164 Å². The average Bonchev–Trinajstić information content (AvgIpc) is 3.63. The number of hydrogen-bond acceptors (Lipinski definition) is 4. The summed E-state index contributed by atoms with van der Waals surface area (Å²) < 4.78 is 6.65. The van der Waals surface area contributed by atoms with Crippen LogP contribution in [0.2, 0.25) is 0 Å². The highest BCUT2D eigenvalue weighted by Crippen LogP contribution is 2.43. The highest BCUT2D eigenvalue weighted by atomic mass is 16.3. The topological polar surface area (TPSA) is 51.8 Å². The molecule has 0 saturated carbocycles. The maximum Gasteiger partial charge on any atom is 0.163 e. The van der Waals surface area contributed by atoms with Crippen molar-refractivity contribution >= 4 is 38.3 Å². The molecule has 53 heavy (non-hydrogen) atoms. The van der Waals surface area contributed by atoms with Crippen LogP contribution in [0, 0.1) is 0 Å². The van der Waals surface area contributed by atoms with Crippen molar-refractivity contribution in [3.8, 4) is 45.0 Å². The van der Waals surface area contributed by atoms with Gasteiger partial charge in [0.15, 0.2) is 11.6 Å². The van der Waals surface area contributed by atoms with E-state index < -0.39 is 0 Å². The van der Waals surface area contributed by atoms with E-state index in [0.717, 1.165) is 73.0 Å². The van der Waals surface area contributed by atoms with Gasteiger partial charge in [0.25, 0.3) is 0 Å². The zero-order chi connectivity index (χ0) is 35.1. The van der Waals surface area contributed by atoms with E-state index in [1.807, 2.05) is 24.3 Å². The van der Waals surface area contributed by atoms with Gasteiger partial charge in [-0.15, -0.1) is 0 Å². The molecule has 0 aliphatic heterocycles. The molecular weight excluding hydrogens is 647 g/mol. The minimum absolute atomic E-state index is 0.00538. The van der Waals surface area contributed by atoms with Crippen molar-refractivity contribution in [2.24, 2.45) is 0 Å². The van der Waals surface area contributed by atoms with Crippen molar-refractivity contribution in [1.82, 2.24) is 15.0 Å². The smallest absolute Gasteiger partial charge is 0.163 e. The van der Waals surface area contributed by atoms with Crippen LogP contribution < -0.4 is 0 Å². The van der Waals surface area contributed by atoms with Crippen LogP contribution in [0.4, 0.5) is 0 Å². The molecule has 0 fully saturated rings. The van der Waals surface area contributed by atoms with E-state index in [-0.39, 0.29) is 5.92 Å². The van der Waals surface area contributed by atoms with Gasteiger partial charge in [-0.25, -0.2) is 15.0 Å². The Kier molecular flexibility index (Phi) is 7.58. The normalized spacial score (nSPS) is 14.2. The van der Waals surface area contributed by atoms with E-state index in [0.29, 0.717) is 11.6 Å². The van der Waals surface area contributed by atoms with Gasteiger partial charge in [-0.2, -0.15) is 0 Å². The zero-order valence-electron chi connectivity index (χ0n) is 28.9. The summed E-state index contributed by atoms with van der Waals surface area (Å²) in [6.45, 7) is 0. The lowest BCUT2D eigenvalue weighted by molar-refractivity contribution is 0.672. The average molecular weight is 680 g/mol. The molecule has 4 heteroatoms. The van der Waals surface area contributed by atoms with Crippen LogP contribution in [0.1, 0.15) is 23.7 Å². The fraction of sp³-hybridized carbons (Fsp3) is 0.0408.